The van der Waals surface area contributed by atoms with Gasteiger partial charge in [-0.25, -0.2) is 13.4 Å². The van der Waals surface area contributed by atoms with Crippen LogP contribution in [0, 0.1) is 6.92 Å². The molecular weight excluding hydrogens is 394 g/mol. The fourth-order valence-electron chi connectivity index (χ4n) is 3.32. The Morgan fingerprint density at radius 2 is 1.75 bits per heavy atom. The number of nitrogens with zero attached hydrogens (tertiary/aromatic N) is 3. The minimum Gasteiger partial charge on any atom is -0.345 e. The van der Waals surface area contributed by atoms with Crippen LogP contribution in [0.3, 0.4) is 0 Å². The monoisotopic (exact) mass is 415 g/mol. The molecule has 2 aromatic carbocycles. The second kappa shape index (κ2) is 7.52. The Labute approximate surface area is 168 Å². The van der Waals surface area contributed by atoms with Crippen LogP contribution in [0.25, 0.3) is 10.2 Å². The van der Waals surface area contributed by atoms with E-state index in [9.17, 15) is 13.2 Å². The molecule has 0 radical (unpaired) electrons. The molecule has 28 heavy (non-hydrogen) atoms. The average molecular weight is 416 g/mol. The zero-order chi connectivity index (χ0) is 19.7. The normalized spacial score (nSPS) is 15.2. The van der Waals surface area contributed by atoms with E-state index in [1.54, 1.807) is 34.4 Å². The fraction of sp³-hybridized carbons (Fsp3) is 0.300. The van der Waals surface area contributed by atoms with Crippen molar-refractivity contribution in [1.29, 1.82) is 0 Å². The first kappa shape index (κ1) is 18.9. The van der Waals surface area contributed by atoms with Gasteiger partial charge in [-0.05, 0) is 30.7 Å². The number of piperazine rings is 1. The van der Waals surface area contributed by atoms with E-state index < -0.39 is 15.6 Å². The van der Waals surface area contributed by atoms with Crippen molar-refractivity contribution in [3.05, 3.63) is 54.1 Å². The highest BCUT2D eigenvalue weighted by Gasteiger charge is 2.27. The van der Waals surface area contributed by atoms with Crippen molar-refractivity contribution in [2.24, 2.45) is 0 Å². The van der Waals surface area contributed by atoms with E-state index in [0.717, 1.165) is 20.9 Å². The van der Waals surface area contributed by atoms with Crippen LogP contribution in [0.15, 0.2) is 53.4 Å². The number of hydrogen-bond acceptors (Lipinski definition) is 6. The van der Waals surface area contributed by atoms with Gasteiger partial charge in [0.05, 0.1) is 15.1 Å². The summed E-state index contributed by atoms with van der Waals surface area (Å²) in [6.07, 6.45) is 0. The van der Waals surface area contributed by atoms with Crippen molar-refractivity contribution in [3.63, 3.8) is 0 Å². The van der Waals surface area contributed by atoms with Gasteiger partial charge in [-0.15, -0.1) is 0 Å². The number of carbonyl (C=O) groups excluding carboxylic acids is 1. The number of aromatic nitrogens is 1. The number of carbonyl (C=O) groups is 1. The molecule has 4 rings (SSSR count). The zero-order valence-electron chi connectivity index (χ0n) is 15.5. The summed E-state index contributed by atoms with van der Waals surface area (Å²) in [4.78, 5) is 21.3. The summed E-state index contributed by atoms with van der Waals surface area (Å²) in [5.74, 6) is -0.833. The van der Waals surface area contributed by atoms with Gasteiger partial charge in [-0.3, -0.25) is 4.79 Å². The third-order valence-corrected chi connectivity index (χ3v) is 7.63. The highest BCUT2D eigenvalue weighted by molar-refractivity contribution is 7.92. The number of anilines is 1. The number of rotatable bonds is 4. The SMILES string of the molecule is Cc1cccc2sc(N3CCN(C(=O)CS(=O)(=O)c4ccccc4)CC3)nc12. The van der Waals surface area contributed by atoms with Gasteiger partial charge in [0.2, 0.25) is 5.91 Å². The Morgan fingerprint density at radius 3 is 2.43 bits per heavy atom. The number of sulfone groups is 1. The number of benzene rings is 2. The van der Waals surface area contributed by atoms with E-state index in [1.807, 2.05) is 6.07 Å². The molecule has 0 saturated carbocycles. The lowest BCUT2D eigenvalue weighted by Crippen LogP contribution is -2.50. The molecule has 0 spiro atoms. The molecule has 1 fully saturated rings. The first-order valence-electron chi connectivity index (χ1n) is 9.11. The maximum atomic E-state index is 12.5. The second-order valence-electron chi connectivity index (χ2n) is 6.86. The number of aryl methyl sites for hydroxylation is 1. The lowest BCUT2D eigenvalue weighted by atomic mass is 10.2. The number of para-hydroxylation sites is 1. The van der Waals surface area contributed by atoms with E-state index in [1.165, 1.54) is 12.1 Å². The Hall–Kier alpha value is -2.45. The van der Waals surface area contributed by atoms with E-state index in [0.29, 0.717) is 26.2 Å². The van der Waals surface area contributed by atoms with Gasteiger partial charge < -0.3 is 9.80 Å². The van der Waals surface area contributed by atoms with E-state index in [2.05, 4.69) is 24.0 Å². The Morgan fingerprint density at radius 1 is 1.04 bits per heavy atom. The van der Waals surface area contributed by atoms with Gasteiger partial charge >= 0.3 is 0 Å². The topological polar surface area (TPSA) is 70.6 Å². The minimum absolute atomic E-state index is 0.187. The molecule has 8 heteroatoms. The number of fused-ring (bicyclic) bond motifs is 1. The first-order valence-corrected chi connectivity index (χ1v) is 11.6. The largest absolute Gasteiger partial charge is 0.345 e. The Kier molecular flexibility index (Phi) is 5.07. The Balaban J connectivity index is 1.41. The van der Waals surface area contributed by atoms with Crippen LogP contribution in [-0.4, -0.2) is 56.1 Å². The molecule has 0 bridgehead atoms. The van der Waals surface area contributed by atoms with Crippen molar-refractivity contribution in [2.45, 2.75) is 11.8 Å². The Bertz CT molecular complexity index is 1100. The molecule has 1 saturated heterocycles. The molecule has 1 aromatic heterocycles. The molecule has 1 amide bonds. The van der Waals surface area contributed by atoms with Gasteiger partial charge in [-0.1, -0.05) is 41.7 Å². The molecule has 6 nitrogen and oxygen atoms in total. The summed E-state index contributed by atoms with van der Waals surface area (Å²) >= 11 is 1.65. The van der Waals surface area contributed by atoms with Gasteiger partial charge in [0.15, 0.2) is 15.0 Å². The molecule has 0 atom stereocenters. The molecule has 1 aliphatic heterocycles. The quantitative estimate of drug-likeness (QED) is 0.655. The van der Waals surface area contributed by atoms with Crippen molar-refractivity contribution >= 4 is 42.4 Å². The third kappa shape index (κ3) is 3.74. The minimum atomic E-state index is -3.61. The van der Waals surface area contributed by atoms with Crippen LogP contribution in [0.4, 0.5) is 5.13 Å². The van der Waals surface area contributed by atoms with Gasteiger partial charge in [0.1, 0.15) is 5.75 Å². The van der Waals surface area contributed by atoms with Crippen molar-refractivity contribution in [3.8, 4) is 0 Å². The standard InChI is InChI=1S/C20H21N3O3S2/c1-15-6-5-9-17-19(15)21-20(27-17)23-12-10-22(11-13-23)18(24)14-28(25,26)16-7-3-2-4-8-16/h2-9H,10-14H2,1H3. The van der Waals surface area contributed by atoms with E-state index in [-0.39, 0.29) is 10.8 Å². The molecule has 2 heterocycles. The lowest BCUT2D eigenvalue weighted by molar-refractivity contribution is -0.128. The van der Waals surface area contributed by atoms with Gasteiger partial charge in [0, 0.05) is 26.2 Å². The molecule has 0 unspecified atom stereocenters. The summed E-state index contributed by atoms with van der Waals surface area (Å²) in [6.45, 7) is 4.34. The molecule has 3 aromatic rings. The summed E-state index contributed by atoms with van der Waals surface area (Å²) < 4.78 is 26.0. The van der Waals surface area contributed by atoms with E-state index in [4.69, 9.17) is 4.98 Å². The van der Waals surface area contributed by atoms with Crippen LogP contribution in [0.2, 0.25) is 0 Å². The van der Waals surface area contributed by atoms with Crippen molar-refractivity contribution in [2.75, 3.05) is 36.8 Å². The second-order valence-corrected chi connectivity index (χ2v) is 9.86. The average Bonchev–Trinajstić information content (AvgIpc) is 3.14. The molecule has 0 N–H and O–H groups in total. The highest BCUT2D eigenvalue weighted by atomic mass is 32.2. The molecule has 146 valence electrons. The van der Waals surface area contributed by atoms with Crippen LogP contribution in [0.5, 0.6) is 0 Å². The van der Waals surface area contributed by atoms with Crippen LogP contribution in [-0.2, 0) is 14.6 Å². The highest BCUT2D eigenvalue weighted by Crippen LogP contribution is 2.31. The number of amides is 1. The van der Waals surface area contributed by atoms with Crippen molar-refractivity contribution in [1.82, 2.24) is 9.88 Å². The predicted octanol–water partition coefficient (Wildman–Crippen LogP) is 2.73. The lowest BCUT2D eigenvalue weighted by Gasteiger charge is -2.34. The summed E-state index contributed by atoms with van der Waals surface area (Å²) in [5.41, 5.74) is 2.18. The zero-order valence-corrected chi connectivity index (χ0v) is 17.2. The number of thiazole rings is 1. The molecule has 0 aliphatic carbocycles. The number of hydrogen-bond donors (Lipinski definition) is 0. The molecule has 1 aliphatic rings. The van der Waals surface area contributed by atoms with Gasteiger partial charge in [-0.2, -0.15) is 0 Å². The first-order chi connectivity index (χ1) is 13.4. The molecular formula is C20H21N3O3S2. The van der Waals surface area contributed by atoms with Crippen molar-refractivity contribution < 1.29 is 13.2 Å². The maximum Gasteiger partial charge on any atom is 0.238 e. The van der Waals surface area contributed by atoms with Crippen LogP contribution >= 0.6 is 11.3 Å². The fourth-order valence-corrected chi connectivity index (χ4v) is 5.66. The summed E-state index contributed by atoms with van der Waals surface area (Å²) in [7, 11) is -3.61. The maximum absolute atomic E-state index is 12.5. The van der Waals surface area contributed by atoms with E-state index >= 15 is 0 Å². The summed E-state index contributed by atoms with van der Waals surface area (Å²) in [6, 6.07) is 14.3. The van der Waals surface area contributed by atoms with Gasteiger partial charge in [0.25, 0.3) is 0 Å². The predicted molar refractivity (Wildman–Crippen MR) is 112 cm³/mol. The van der Waals surface area contributed by atoms with Crippen LogP contribution in [0.1, 0.15) is 5.56 Å². The third-order valence-electron chi connectivity index (χ3n) is 4.93. The smallest absolute Gasteiger partial charge is 0.238 e. The summed E-state index contributed by atoms with van der Waals surface area (Å²) in [5, 5.41) is 0.952. The van der Waals surface area contributed by atoms with Crippen LogP contribution < -0.4 is 4.90 Å².